The van der Waals surface area contributed by atoms with Gasteiger partial charge in [-0.2, -0.15) is 4.31 Å². The highest BCUT2D eigenvalue weighted by Crippen LogP contribution is 2.27. The van der Waals surface area contributed by atoms with Gasteiger partial charge >= 0.3 is 0 Å². The van der Waals surface area contributed by atoms with Gasteiger partial charge in [0.1, 0.15) is 0 Å². The van der Waals surface area contributed by atoms with Gasteiger partial charge in [0.15, 0.2) is 0 Å². The summed E-state index contributed by atoms with van der Waals surface area (Å²) < 4.78 is 27.6. The van der Waals surface area contributed by atoms with Crippen molar-refractivity contribution in [1.82, 2.24) is 9.29 Å². The molecule has 1 aliphatic heterocycles. The summed E-state index contributed by atoms with van der Waals surface area (Å²) in [7, 11) is -3.75. The summed E-state index contributed by atoms with van der Waals surface area (Å²) in [5.41, 5.74) is 1.96. The highest BCUT2D eigenvalue weighted by molar-refractivity contribution is 7.89. The molecule has 0 spiro atoms. The molecule has 1 saturated heterocycles. The Morgan fingerprint density at radius 3 is 2.56 bits per heavy atom. The third kappa shape index (κ3) is 4.63. The first kappa shape index (κ1) is 21.9. The smallest absolute Gasteiger partial charge is 0.243 e. The first-order valence-electron chi connectivity index (χ1n) is 10.4. The number of rotatable bonds is 5. The van der Waals surface area contributed by atoms with Crippen LogP contribution in [0.1, 0.15) is 19.8 Å². The Morgan fingerprint density at radius 2 is 1.81 bits per heavy atom. The van der Waals surface area contributed by atoms with Gasteiger partial charge in [0, 0.05) is 37.3 Å². The number of sulfonamides is 1. The molecule has 0 radical (unpaired) electrons. The predicted octanol–water partition coefficient (Wildman–Crippen LogP) is 3.23. The second kappa shape index (κ2) is 9.05. The molecule has 2 aromatic carbocycles. The Bertz CT molecular complexity index is 1250. The molecule has 4 rings (SSSR count). The van der Waals surface area contributed by atoms with E-state index in [1.54, 1.807) is 18.3 Å². The van der Waals surface area contributed by atoms with E-state index in [2.05, 4.69) is 15.6 Å². The summed E-state index contributed by atoms with van der Waals surface area (Å²) in [6.07, 6.45) is 2.90. The monoisotopic (exact) mass is 452 g/mol. The highest BCUT2D eigenvalue weighted by atomic mass is 32.2. The van der Waals surface area contributed by atoms with Crippen LogP contribution in [0.2, 0.25) is 0 Å². The lowest BCUT2D eigenvalue weighted by atomic mass is 9.98. The standard InChI is InChI=1S/C23H24N4O4S/c1-16(28)25-18-9-11-19(12-10-18)32(30,31)27-14-4-5-17(15-27)23(29)26-22-8-2-7-21-20(22)6-3-13-24-21/h2-3,6-13,17H,4-5,14-15H2,1H3,(H,25,28)(H,26,29)/t17-/m1/s1. The molecule has 3 aromatic rings. The molecular formula is C23H24N4O4S. The Kier molecular flexibility index (Phi) is 6.20. The SMILES string of the molecule is CC(=O)Nc1ccc(S(=O)(=O)N2CCC[C@@H](C(=O)Nc3cccc4ncccc34)C2)cc1. The van der Waals surface area contributed by atoms with Crippen LogP contribution in [0.5, 0.6) is 0 Å². The third-order valence-corrected chi connectivity index (χ3v) is 7.35. The van der Waals surface area contributed by atoms with Gasteiger partial charge in [-0.05, 0) is 61.4 Å². The molecule has 0 unspecified atom stereocenters. The lowest BCUT2D eigenvalue weighted by Gasteiger charge is -2.31. The van der Waals surface area contributed by atoms with Crippen molar-refractivity contribution >= 4 is 44.1 Å². The Hall–Kier alpha value is -3.30. The van der Waals surface area contributed by atoms with E-state index >= 15 is 0 Å². The zero-order chi connectivity index (χ0) is 22.7. The summed E-state index contributed by atoms with van der Waals surface area (Å²) in [6.45, 7) is 1.86. The van der Waals surface area contributed by atoms with Crippen LogP contribution in [0.3, 0.4) is 0 Å². The van der Waals surface area contributed by atoms with Crippen LogP contribution in [-0.2, 0) is 19.6 Å². The number of carbonyl (C=O) groups excluding carboxylic acids is 2. The van der Waals surface area contributed by atoms with E-state index in [-0.39, 0.29) is 23.3 Å². The molecule has 32 heavy (non-hydrogen) atoms. The summed E-state index contributed by atoms with van der Waals surface area (Å²) in [5, 5.41) is 6.40. The summed E-state index contributed by atoms with van der Waals surface area (Å²) in [6, 6.07) is 15.2. The number of nitrogens with zero attached hydrogens (tertiary/aromatic N) is 2. The lowest BCUT2D eigenvalue weighted by molar-refractivity contribution is -0.121. The number of benzene rings is 2. The minimum absolute atomic E-state index is 0.116. The summed E-state index contributed by atoms with van der Waals surface area (Å²) in [4.78, 5) is 28.6. The lowest BCUT2D eigenvalue weighted by Crippen LogP contribution is -2.43. The molecule has 2 amide bonds. The fraction of sp³-hybridized carbons (Fsp3) is 0.261. The van der Waals surface area contributed by atoms with Crippen LogP contribution >= 0.6 is 0 Å². The Balaban J connectivity index is 1.48. The fourth-order valence-electron chi connectivity index (χ4n) is 3.88. The first-order valence-corrected chi connectivity index (χ1v) is 11.8. The van der Waals surface area contributed by atoms with Crippen molar-refractivity contribution in [2.24, 2.45) is 5.92 Å². The molecule has 2 N–H and O–H groups in total. The minimum atomic E-state index is -3.75. The first-order chi connectivity index (χ1) is 15.3. The van der Waals surface area contributed by atoms with Gasteiger partial charge in [0.25, 0.3) is 0 Å². The Morgan fingerprint density at radius 1 is 1.03 bits per heavy atom. The maximum atomic E-state index is 13.1. The normalized spacial score (nSPS) is 17.1. The fourth-order valence-corrected chi connectivity index (χ4v) is 5.41. The topological polar surface area (TPSA) is 108 Å². The average molecular weight is 453 g/mol. The van der Waals surface area contributed by atoms with Crippen molar-refractivity contribution in [3.05, 3.63) is 60.8 Å². The molecule has 9 heteroatoms. The van der Waals surface area contributed by atoms with Gasteiger partial charge in [0.05, 0.1) is 22.0 Å². The molecule has 1 aromatic heterocycles. The number of anilines is 2. The zero-order valence-corrected chi connectivity index (χ0v) is 18.4. The maximum Gasteiger partial charge on any atom is 0.243 e. The van der Waals surface area contributed by atoms with Crippen LogP contribution in [0.15, 0.2) is 65.7 Å². The zero-order valence-electron chi connectivity index (χ0n) is 17.6. The molecule has 1 atom stereocenters. The number of piperidine rings is 1. The van der Waals surface area contributed by atoms with Gasteiger partial charge in [-0.1, -0.05) is 6.07 Å². The van der Waals surface area contributed by atoms with Crippen molar-refractivity contribution in [2.45, 2.75) is 24.7 Å². The number of hydrogen-bond donors (Lipinski definition) is 2. The van der Waals surface area contributed by atoms with Gasteiger partial charge < -0.3 is 10.6 Å². The van der Waals surface area contributed by atoms with E-state index in [1.165, 1.54) is 23.4 Å². The minimum Gasteiger partial charge on any atom is -0.326 e. The second-order valence-electron chi connectivity index (χ2n) is 7.77. The quantitative estimate of drug-likeness (QED) is 0.618. The Labute approximate surface area is 186 Å². The van der Waals surface area contributed by atoms with Crippen molar-refractivity contribution in [3.63, 3.8) is 0 Å². The molecular weight excluding hydrogens is 428 g/mol. The largest absolute Gasteiger partial charge is 0.326 e. The van der Waals surface area contributed by atoms with Crippen LogP contribution in [0, 0.1) is 5.92 Å². The molecule has 1 fully saturated rings. The number of pyridine rings is 1. The number of amides is 2. The van der Waals surface area contributed by atoms with Crippen molar-refractivity contribution in [2.75, 3.05) is 23.7 Å². The van der Waals surface area contributed by atoms with E-state index in [9.17, 15) is 18.0 Å². The van der Waals surface area contributed by atoms with Gasteiger partial charge in [-0.15, -0.1) is 0 Å². The third-order valence-electron chi connectivity index (χ3n) is 5.47. The number of nitrogens with one attached hydrogen (secondary N) is 2. The van der Waals surface area contributed by atoms with Crippen LogP contribution in [0.4, 0.5) is 11.4 Å². The van der Waals surface area contributed by atoms with E-state index in [0.29, 0.717) is 30.8 Å². The van der Waals surface area contributed by atoms with Crippen molar-refractivity contribution < 1.29 is 18.0 Å². The number of carbonyl (C=O) groups is 2. The molecule has 0 bridgehead atoms. The number of fused-ring (bicyclic) bond motifs is 1. The molecule has 2 heterocycles. The number of aromatic nitrogens is 1. The number of hydrogen-bond acceptors (Lipinski definition) is 5. The average Bonchev–Trinajstić information content (AvgIpc) is 2.79. The second-order valence-corrected chi connectivity index (χ2v) is 9.71. The van der Waals surface area contributed by atoms with Crippen molar-refractivity contribution in [1.29, 1.82) is 0 Å². The van der Waals surface area contributed by atoms with Crippen LogP contribution < -0.4 is 10.6 Å². The summed E-state index contributed by atoms with van der Waals surface area (Å²) in [5.74, 6) is -0.890. The molecule has 0 aliphatic carbocycles. The van der Waals surface area contributed by atoms with Crippen molar-refractivity contribution in [3.8, 4) is 0 Å². The van der Waals surface area contributed by atoms with E-state index in [4.69, 9.17) is 0 Å². The van der Waals surface area contributed by atoms with E-state index in [1.807, 2.05) is 30.3 Å². The molecule has 1 aliphatic rings. The molecule has 8 nitrogen and oxygen atoms in total. The predicted molar refractivity (Wildman–Crippen MR) is 123 cm³/mol. The van der Waals surface area contributed by atoms with E-state index < -0.39 is 15.9 Å². The van der Waals surface area contributed by atoms with Gasteiger partial charge in [-0.3, -0.25) is 14.6 Å². The van der Waals surface area contributed by atoms with Gasteiger partial charge in [0.2, 0.25) is 21.8 Å². The van der Waals surface area contributed by atoms with Gasteiger partial charge in [-0.25, -0.2) is 8.42 Å². The highest BCUT2D eigenvalue weighted by Gasteiger charge is 2.33. The maximum absolute atomic E-state index is 13.1. The van der Waals surface area contributed by atoms with E-state index in [0.717, 1.165) is 10.9 Å². The van der Waals surface area contributed by atoms with Crippen LogP contribution in [0.25, 0.3) is 10.9 Å². The molecule has 166 valence electrons. The molecule has 0 saturated carbocycles. The summed E-state index contributed by atoms with van der Waals surface area (Å²) >= 11 is 0. The van der Waals surface area contributed by atoms with Crippen LogP contribution in [-0.4, -0.2) is 42.6 Å².